The Kier molecular flexibility index (Phi) is 4.71. The maximum Gasteiger partial charge on any atom is 0.410 e. The van der Waals surface area contributed by atoms with Gasteiger partial charge in [0, 0.05) is 43.9 Å². The molecule has 0 aliphatic carbocycles. The van der Waals surface area contributed by atoms with Gasteiger partial charge in [-0.1, -0.05) is 6.07 Å². The molecule has 0 N–H and O–H groups in total. The second-order valence-electron chi connectivity index (χ2n) is 9.27. The van der Waals surface area contributed by atoms with Crippen molar-refractivity contribution >= 4 is 12.0 Å². The highest BCUT2D eigenvalue weighted by Crippen LogP contribution is 2.36. The van der Waals surface area contributed by atoms with Gasteiger partial charge in [-0.15, -0.1) is 0 Å². The van der Waals surface area contributed by atoms with Crippen LogP contribution < -0.4 is 5.56 Å². The zero-order chi connectivity index (χ0) is 20.1. The van der Waals surface area contributed by atoms with Gasteiger partial charge in [-0.05, 0) is 52.0 Å². The molecule has 4 rings (SSSR count). The molecule has 4 heterocycles. The van der Waals surface area contributed by atoms with Gasteiger partial charge in [0.05, 0.1) is 0 Å². The van der Waals surface area contributed by atoms with Gasteiger partial charge in [-0.3, -0.25) is 14.5 Å². The van der Waals surface area contributed by atoms with Crippen LogP contribution in [-0.4, -0.2) is 57.6 Å². The molecule has 2 amide bonds. The molecule has 0 unspecified atom stereocenters. The second kappa shape index (κ2) is 6.94. The number of pyridine rings is 1. The molecule has 0 saturated carbocycles. The van der Waals surface area contributed by atoms with Gasteiger partial charge in [0.15, 0.2) is 0 Å². The molecule has 2 bridgehead atoms. The van der Waals surface area contributed by atoms with Crippen LogP contribution in [0.3, 0.4) is 0 Å². The summed E-state index contributed by atoms with van der Waals surface area (Å²) >= 11 is 0. The molecule has 3 aliphatic rings. The summed E-state index contributed by atoms with van der Waals surface area (Å²) in [7, 11) is 0. The van der Waals surface area contributed by atoms with Crippen molar-refractivity contribution in [3.8, 4) is 0 Å². The molecule has 3 aliphatic heterocycles. The maximum atomic E-state index is 13.3. The lowest BCUT2D eigenvalue weighted by Gasteiger charge is -2.44. The molecular formula is C21H29N3O4. The number of carbonyl (C=O) groups is 2. The number of carbonyl (C=O) groups excluding carboxylic acids is 2. The number of amides is 2. The van der Waals surface area contributed by atoms with Crippen LogP contribution in [0.4, 0.5) is 4.79 Å². The third kappa shape index (κ3) is 3.54. The maximum absolute atomic E-state index is 13.3. The van der Waals surface area contributed by atoms with Gasteiger partial charge >= 0.3 is 6.09 Å². The van der Waals surface area contributed by atoms with Crippen LogP contribution in [-0.2, 0) is 16.1 Å². The molecule has 1 aromatic rings. The van der Waals surface area contributed by atoms with Crippen LogP contribution in [0.5, 0.6) is 0 Å². The minimum atomic E-state index is -0.577. The van der Waals surface area contributed by atoms with E-state index in [0.717, 1.165) is 18.5 Å². The van der Waals surface area contributed by atoms with E-state index < -0.39 is 17.7 Å². The van der Waals surface area contributed by atoms with Gasteiger partial charge in [-0.2, -0.15) is 0 Å². The van der Waals surface area contributed by atoms with Gasteiger partial charge in [0.25, 0.3) is 5.56 Å². The van der Waals surface area contributed by atoms with E-state index in [9.17, 15) is 14.4 Å². The minimum Gasteiger partial charge on any atom is -0.444 e. The standard InChI is InChI=1S/C21H29N3O4/c1-21(2,3)28-20(27)23-9-5-7-17(23)19(26)22-11-14-10-15(13-22)16-6-4-8-18(25)24(16)12-14/h4,6,8,14-15,17H,5,7,9-13H2,1-3H3/t14-,15+,17-/m1/s1. The van der Waals surface area contributed by atoms with Crippen LogP contribution in [0.15, 0.2) is 23.0 Å². The number of hydrogen-bond acceptors (Lipinski definition) is 4. The number of aromatic nitrogens is 1. The highest BCUT2D eigenvalue weighted by Gasteiger charge is 2.42. The van der Waals surface area contributed by atoms with Gasteiger partial charge in [0.2, 0.25) is 5.91 Å². The molecule has 2 saturated heterocycles. The van der Waals surface area contributed by atoms with E-state index in [1.54, 1.807) is 17.0 Å². The Morgan fingerprint density at radius 2 is 1.93 bits per heavy atom. The molecule has 28 heavy (non-hydrogen) atoms. The lowest BCUT2D eigenvalue weighted by atomic mass is 9.83. The zero-order valence-electron chi connectivity index (χ0n) is 16.9. The van der Waals surface area contributed by atoms with Crippen molar-refractivity contribution in [3.63, 3.8) is 0 Å². The van der Waals surface area contributed by atoms with Crippen molar-refractivity contribution in [3.05, 3.63) is 34.2 Å². The lowest BCUT2D eigenvalue weighted by molar-refractivity contribution is -0.138. The Balaban J connectivity index is 1.50. The average molecular weight is 387 g/mol. The molecule has 7 heteroatoms. The van der Waals surface area contributed by atoms with E-state index in [-0.39, 0.29) is 23.3 Å². The van der Waals surface area contributed by atoms with Crippen molar-refractivity contribution in [1.29, 1.82) is 0 Å². The van der Waals surface area contributed by atoms with Gasteiger partial charge in [0.1, 0.15) is 11.6 Å². The second-order valence-corrected chi connectivity index (χ2v) is 9.27. The molecule has 152 valence electrons. The molecule has 1 aromatic heterocycles. The number of fused-ring (bicyclic) bond motifs is 4. The normalized spacial score (nSPS) is 26.8. The first-order chi connectivity index (χ1) is 13.2. The molecular weight excluding hydrogens is 358 g/mol. The number of nitrogens with zero attached hydrogens (tertiary/aromatic N) is 3. The lowest BCUT2D eigenvalue weighted by Crippen LogP contribution is -2.54. The van der Waals surface area contributed by atoms with Gasteiger partial charge in [-0.25, -0.2) is 4.79 Å². The summed E-state index contributed by atoms with van der Waals surface area (Å²) in [5.74, 6) is 0.484. The Labute approximate surface area is 165 Å². The van der Waals surface area contributed by atoms with Crippen LogP contribution in [0, 0.1) is 5.92 Å². The third-order valence-corrected chi connectivity index (χ3v) is 5.96. The molecule has 7 nitrogen and oxygen atoms in total. The fraction of sp³-hybridized carbons (Fsp3) is 0.667. The number of likely N-dealkylation sites (tertiary alicyclic amines) is 2. The monoisotopic (exact) mass is 387 g/mol. The van der Waals surface area contributed by atoms with Crippen LogP contribution in [0.1, 0.15) is 51.6 Å². The smallest absolute Gasteiger partial charge is 0.410 e. The van der Waals surface area contributed by atoms with E-state index in [0.29, 0.717) is 32.6 Å². The largest absolute Gasteiger partial charge is 0.444 e. The van der Waals surface area contributed by atoms with Crippen molar-refractivity contribution in [1.82, 2.24) is 14.4 Å². The third-order valence-electron chi connectivity index (χ3n) is 5.96. The van der Waals surface area contributed by atoms with E-state index in [1.807, 2.05) is 36.3 Å². The topological polar surface area (TPSA) is 71.8 Å². The Morgan fingerprint density at radius 1 is 1.14 bits per heavy atom. The summed E-state index contributed by atoms with van der Waals surface area (Å²) in [6.45, 7) is 7.99. The van der Waals surface area contributed by atoms with E-state index >= 15 is 0 Å². The fourth-order valence-corrected chi connectivity index (χ4v) is 4.85. The number of piperidine rings is 1. The Bertz CT molecular complexity index is 841. The van der Waals surface area contributed by atoms with E-state index in [2.05, 4.69) is 0 Å². The summed E-state index contributed by atoms with van der Waals surface area (Å²) < 4.78 is 7.37. The fourth-order valence-electron chi connectivity index (χ4n) is 4.85. The molecule has 2 fully saturated rings. The summed E-state index contributed by atoms with van der Waals surface area (Å²) in [5, 5.41) is 0. The molecule has 3 atom stereocenters. The number of ether oxygens (including phenoxy) is 1. The summed E-state index contributed by atoms with van der Waals surface area (Å²) in [6, 6.07) is 4.96. The van der Waals surface area contributed by atoms with E-state index in [4.69, 9.17) is 4.74 Å². The molecule has 0 aromatic carbocycles. The van der Waals surface area contributed by atoms with E-state index in [1.165, 1.54) is 0 Å². The highest BCUT2D eigenvalue weighted by atomic mass is 16.6. The summed E-state index contributed by atoms with van der Waals surface area (Å²) in [5.41, 5.74) is 0.488. The SMILES string of the molecule is CC(C)(C)OC(=O)N1CCC[C@@H]1C(=O)N1C[C@H]2C[C@@H](C1)c1cccc(=O)n1C2. The average Bonchev–Trinajstić information content (AvgIpc) is 3.10. The Hall–Kier alpha value is -2.31. The van der Waals surface area contributed by atoms with Crippen molar-refractivity contribution in [2.24, 2.45) is 5.92 Å². The Morgan fingerprint density at radius 3 is 2.68 bits per heavy atom. The predicted molar refractivity (Wildman–Crippen MR) is 104 cm³/mol. The van der Waals surface area contributed by atoms with Crippen molar-refractivity contribution < 1.29 is 14.3 Å². The van der Waals surface area contributed by atoms with Crippen LogP contribution >= 0.6 is 0 Å². The minimum absolute atomic E-state index is 0.0183. The molecule has 0 spiro atoms. The number of hydrogen-bond donors (Lipinski definition) is 0. The highest BCUT2D eigenvalue weighted by molar-refractivity contribution is 5.86. The van der Waals surface area contributed by atoms with Crippen LogP contribution in [0.2, 0.25) is 0 Å². The first kappa shape index (κ1) is 19.0. The first-order valence-corrected chi connectivity index (χ1v) is 10.2. The summed E-state index contributed by atoms with van der Waals surface area (Å²) in [6.07, 6.45) is 2.10. The van der Waals surface area contributed by atoms with Crippen LogP contribution in [0.25, 0.3) is 0 Å². The number of rotatable bonds is 1. The molecule has 0 radical (unpaired) electrons. The zero-order valence-corrected chi connectivity index (χ0v) is 16.9. The van der Waals surface area contributed by atoms with Crippen molar-refractivity contribution in [2.45, 2.75) is 64.1 Å². The quantitative estimate of drug-likeness (QED) is 0.741. The first-order valence-electron chi connectivity index (χ1n) is 10.2. The van der Waals surface area contributed by atoms with Crippen molar-refractivity contribution in [2.75, 3.05) is 19.6 Å². The van der Waals surface area contributed by atoms with Gasteiger partial charge < -0.3 is 14.2 Å². The predicted octanol–water partition coefficient (Wildman–Crippen LogP) is 2.19. The summed E-state index contributed by atoms with van der Waals surface area (Å²) in [4.78, 5) is 41.5.